The maximum atomic E-state index is 11.9. The van der Waals surface area contributed by atoms with Crippen LogP contribution in [0.1, 0.15) is 17.5 Å². The molecule has 1 aromatic rings. The highest BCUT2D eigenvalue weighted by atomic mass is 35.5. The van der Waals surface area contributed by atoms with Gasteiger partial charge in [0.25, 0.3) is 5.91 Å². The molecule has 4 nitrogen and oxygen atoms in total. The van der Waals surface area contributed by atoms with Gasteiger partial charge in [-0.25, -0.2) is 0 Å². The highest BCUT2D eigenvalue weighted by Gasteiger charge is 2.23. The molecular weight excluding hydrogens is 216 g/mol. The topological polar surface area (TPSA) is 45.5 Å². The van der Waals surface area contributed by atoms with E-state index in [1.165, 1.54) is 0 Å². The number of piperazine rings is 1. The van der Waals surface area contributed by atoms with Gasteiger partial charge in [-0.3, -0.25) is 4.79 Å². The van der Waals surface area contributed by atoms with Crippen molar-refractivity contribution in [3.63, 3.8) is 0 Å². The van der Waals surface area contributed by atoms with Crippen LogP contribution in [0.15, 0.2) is 16.5 Å². The molecule has 0 saturated carbocycles. The number of nitrogens with one attached hydrogen (secondary N) is 1. The number of nitrogens with zero attached hydrogens (tertiary/aromatic N) is 1. The van der Waals surface area contributed by atoms with E-state index in [-0.39, 0.29) is 11.1 Å². The summed E-state index contributed by atoms with van der Waals surface area (Å²) < 4.78 is 5.09. The number of furan rings is 1. The smallest absolute Gasteiger partial charge is 0.289 e. The van der Waals surface area contributed by atoms with Gasteiger partial charge in [0.2, 0.25) is 0 Å². The lowest BCUT2D eigenvalue weighted by molar-refractivity contribution is 0.0677. The van der Waals surface area contributed by atoms with Crippen LogP contribution >= 0.6 is 11.6 Å². The summed E-state index contributed by atoms with van der Waals surface area (Å²) in [5, 5.41) is 3.52. The molecule has 0 spiro atoms. The van der Waals surface area contributed by atoms with Gasteiger partial charge >= 0.3 is 0 Å². The molecule has 0 bridgehead atoms. The minimum atomic E-state index is -0.0877. The number of halogens is 1. The molecule has 5 heteroatoms. The molecule has 1 fully saturated rings. The fourth-order valence-corrected chi connectivity index (χ4v) is 1.85. The minimum absolute atomic E-state index is 0.0877. The number of hydrogen-bond donors (Lipinski definition) is 1. The van der Waals surface area contributed by atoms with E-state index in [9.17, 15) is 4.79 Å². The van der Waals surface area contributed by atoms with Crippen molar-refractivity contribution in [1.82, 2.24) is 10.2 Å². The van der Waals surface area contributed by atoms with Gasteiger partial charge in [0.1, 0.15) is 0 Å². The second-order valence-electron chi connectivity index (χ2n) is 3.71. The molecule has 2 rings (SSSR count). The van der Waals surface area contributed by atoms with Crippen LogP contribution in [-0.4, -0.2) is 36.5 Å². The molecule has 0 radical (unpaired) electrons. The standard InChI is InChI=1S/C10H13ClN2O2/c1-7-6-13(5-4-12-7)10(14)8-2-3-9(11)15-8/h2-3,7,12H,4-6H2,1H3. The van der Waals surface area contributed by atoms with Crippen molar-refractivity contribution in [1.29, 1.82) is 0 Å². The molecule has 0 aromatic carbocycles. The monoisotopic (exact) mass is 228 g/mol. The fourth-order valence-electron chi connectivity index (χ4n) is 1.70. The molecular formula is C10H13ClN2O2. The van der Waals surface area contributed by atoms with E-state index in [1.807, 2.05) is 0 Å². The van der Waals surface area contributed by atoms with E-state index >= 15 is 0 Å². The Morgan fingerprint density at radius 2 is 2.47 bits per heavy atom. The summed E-state index contributed by atoms with van der Waals surface area (Å²) in [6.45, 7) is 4.29. The third-order valence-electron chi connectivity index (χ3n) is 2.44. The maximum Gasteiger partial charge on any atom is 0.289 e. The molecule has 1 aromatic heterocycles. The molecule has 1 atom stereocenters. The first-order chi connectivity index (χ1) is 7.16. The fraction of sp³-hybridized carbons (Fsp3) is 0.500. The second-order valence-corrected chi connectivity index (χ2v) is 4.08. The van der Waals surface area contributed by atoms with Crippen molar-refractivity contribution >= 4 is 17.5 Å². The lowest BCUT2D eigenvalue weighted by atomic mass is 10.2. The minimum Gasteiger partial charge on any atom is -0.440 e. The Bertz CT molecular complexity index is 364. The first-order valence-corrected chi connectivity index (χ1v) is 5.32. The lowest BCUT2D eigenvalue weighted by Crippen LogP contribution is -2.51. The summed E-state index contributed by atoms with van der Waals surface area (Å²) in [7, 11) is 0. The number of carbonyl (C=O) groups excluding carboxylic acids is 1. The van der Waals surface area contributed by atoms with Gasteiger partial charge in [-0.1, -0.05) is 0 Å². The normalized spacial score (nSPS) is 21.7. The van der Waals surface area contributed by atoms with Crippen LogP contribution in [0.5, 0.6) is 0 Å². The highest BCUT2D eigenvalue weighted by Crippen LogP contribution is 2.15. The van der Waals surface area contributed by atoms with Gasteiger partial charge in [0.15, 0.2) is 11.0 Å². The van der Waals surface area contributed by atoms with Crippen molar-refractivity contribution in [2.75, 3.05) is 19.6 Å². The van der Waals surface area contributed by atoms with Gasteiger partial charge in [-0.2, -0.15) is 0 Å². The third kappa shape index (κ3) is 2.33. The Labute approximate surface area is 93.2 Å². The first-order valence-electron chi connectivity index (χ1n) is 4.95. The van der Waals surface area contributed by atoms with E-state index in [1.54, 1.807) is 17.0 Å². The summed E-state index contributed by atoms with van der Waals surface area (Å²) in [5.74, 6) is 0.226. The Morgan fingerprint density at radius 3 is 3.07 bits per heavy atom. The molecule has 1 N–H and O–H groups in total. The predicted molar refractivity (Wildman–Crippen MR) is 57.1 cm³/mol. The molecule has 0 aliphatic carbocycles. The largest absolute Gasteiger partial charge is 0.440 e. The van der Waals surface area contributed by atoms with Crippen molar-refractivity contribution < 1.29 is 9.21 Å². The molecule has 1 saturated heterocycles. The number of amides is 1. The summed E-state index contributed by atoms with van der Waals surface area (Å²) >= 11 is 5.62. The molecule has 1 aliphatic rings. The van der Waals surface area contributed by atoms with Crippen molar-refractivity contribution in [2.24, 2.45) is 0 Å². The zero-order valence-electron chi connectivity index (χ0n) is 8.50. The van der Waals surface area contributed by atoms with Gasteiger partial charge in [-0.15, -0.1) is 0 Å². The van der Waals surface area contributed by atoms with Crippen LogP contribution in [0, 0.1) is 0 Å². The highest BCUT2D eigenvalue weighted by molar-refractivity contribution is 6.29. The number of carbonyl (C=O) groups is 1. The quantitative estimate of drug-likeness (QED) is 0.790. The summed E-state index contributed by atoms with van der Waals surface area (Å²) in [6.07, 6.45) is 0. The summed E-state index contributed by atoms with van der Waals surface area (Å²) in [5.41, 5.74) is 0. The third-order valence-corrected chi connectivity index (χ3v) is 2.64. The zero-order valence-corrected chi connectivity index (χ0v) is 9.25. The van der Waals surface area contributed by atoms with E-state index in [2.05, 4.69) is 12.2 Å². The molecule has 15 heavy (non-hydrogen) atoms. The average Bonchev–Trinajstić information content (AvgIpc) is 2.64. The lowest BCUT2D eigenvalue weighted by Gasteiger charge is -2.31. The van der Waals surface area contributed by atoms with Crippen LogP contribution in [0.2, 0.25) is 5.22 Å². The van der Waals surface area contributed by atoms with Gasteiger partial charge in [0, 0.05) is 25.7 Å². The van der Waals surface area contributed by atoms with E-state index in [4.69, 9.17) is 16.0 Å². The molecule has 1 amide bonds. The Morgan fingerprint density at radius 1 is 1.67 bits per heavy atom. The SMILES string of the molecule is CC1CN(C(=O)c2ccc(Cl)o2)CCN1. The van der Waals surface area contributed by atoms with Crippen LogP contribution < -0.4 is 5.32 Å². The molecule has 1 aliphatic heterocycles. The van der Waals surface area contributed by atoms with Crippen LogP contribution in [0.25, 0.3) is 0 Å². The summed E-state index contributed by atoms with van der Waals surface area (Å²) in [4.78, 5) is 13.7. The Balaban J connectivity index is 2.07. The Hall–Kier alpha value is -1.00. The number of hydrogen-bond acceptors (Lipinski definition) is 3. The van der Waals surface area contributed by atoms with Gasteiger partial charge in [0.05, 0.1) is 0 Å². The van der Waals surface area contributed by atoms with E-state index in [0.717, 1.165) is 6.54 Å². The Kier molecular flexibility index (Phi) is 2.98. The van der Waals surface area contributed by atoms with Crippen LogP contribution in [0.4, 0.5) is 0 Å². The predicted octanol–water partition coefficient (Wildman–Crippen LogP) is 1.37. The molecule has 1 unspecified atom stereocenters. The van der Waals surface area contributed by atoms with Crippen LogP contribution in [-0.2, 0) is 0 Å². The van der Waals surface area contributed by atoms with Crippen molar-refractivity contribution in [2.45, 2.75) is 13.0 Å². The van der Waals surface area contributed by atoms with E-state index < -0.39 is 0 Å². The number of rotatable bonds is 1. The summed E-state index contributed by atoms with van der Waals surface area (Å²) in [6, 6.07) is 3.52. The second kappa shape index (κ2) is 4.24. The van der Waals surface area contributed by atoms with Crippen molar-refractivity contribution in [3.05, 3.63) is 23.1 Å². The van der Waals surface area contributed by atoms with Crippen molar-refractivity contribution in [3.8, 4) is 0 Å². The molecule has 2 heterocycles. The molecule has 82 valence electrons. The van der Waals surface area contributed by atoms with Gasteiger partial charge in [-0.05, 0) is 30.7 Å². The average molecular weight is 229 g/mol. The zero-order chi connectivity index (χ0) is 10.8. The van der Waals surface area contributed by atoms with Crippen LogP contribution in [0.3, 0.4) is 0 Å². The maximum absolute atomic E-state index is 11.9. The first kappa shape index (κ1) is 10.5. The van der Waals surface area contributed by atoms with E-state index in [0.29, 0.717) is 24.9 Å². The van der Waals surface area contributed by atoms with Gasteiger partial charge < -0.3 is 14.6 Å².